The Hall–Kier alpha value is -2.52. The summed E-state index contributed by atoms with van der Waals surface area (Å²) in [5, 5.41) is 2.63. The van der Waals surface area contributed by atoms with Gasteiger partial charge in [0.15, 0.2) is 5.76 Å². The fraction of sp³-hybridized carbons (Fsp3) is 0.353. The van der Waals surface area contributed by atoms with Gasteiger partial charge in [0, 0.05) is 5.69 Å². The van der Waals surface area contributed by atoms with Crippen molar-refractivity contribution >= 4 is 11.6 Å². The second kappa shape index (κ2) is 7.00. The number of amides is 1. The van der Waals surface area contributed by atoms with Crippen molar-refractivity contribution < 1.29 is 36.6 Å². The molecule has 0 unspecified atom stereocenters. The van der Waals surface area contributed by atoms with E-state index in [0.717, 1.165) is 12.1 Å². The van der Waals surface area contributed by atoms with E-state index in [1.54, 1.807) is 19.1 Å². The van der Waals surface area contributed by atoms with E-state index < -0.39 is 18.1 Å². The number of carbonyl (C=O) groups is 1. The molecule has 0 saturated carbocycles. The van der Waals surface area contributed by atoms with Gasteiger partial charge in [0.05, 0.1) is 24.9 Å². The topological polar surface area (TPSA) is 69.9 Å². The molecule has 0 bridgehead atoms. The van der Waals surface area contributed by atoms with Crippen molar-refractivity contribution in [1.29, 1.82) is 0 Å². The molecule has 6 nitrogen and oxygen atoms in total. The first kappa shape index (κ1) is 18.3. The largest absolute Gasteiger partial charge is 0.573 e. The van der Waals surface area contributed by atoms with Crippen LogP contribution in [0.15, 0.2) is 47.1 Å². The zero-order valence-corrected chi connectivity index (χ0v) is 13.7. The van der Waals surface area contributed by atoms with Crippen LogP contribution in [0.1, 0.15) is 19.0 Å². The Bertz CT molecular complexity index is 735. The average molecular weight is 371 g/mol. The van der Waals surface area contributed by atoms with Gasteiger partial charge >= 0.3 is 6.36 Å². The maximum Gasteiger partial charge on any atom is 0.573 e. The fourth-order valence-electron chi connectivity index (χ4n) is 2.35. The molecule has 1 fully saturated rings. The van der Waals surface area contributed by atoms with E-state index in [4.69, 9.17) is 13.9 Å². The molecule has 26 heavy (non-hydrogen) atoms. The Balaban J connectivity index is 1.57. The quantitative estimate of drug-likeness (QED) is 0.884. The Morgan fingerprint density at radius 1 is 1.19 bits per heavy atom. The van der Waals surface area contributed by atoms with Crippen LogP contribution in [0.4, 0.5) is 18.9 Å². The number of anilines is 1. The Morgan fingerprint density at radius 3 is 2.38 bits per heavy atom. The first-order valence-electron chi connectivity index (χ1n) is 7.69. The molecule has 1 aromatic heterocycles. The lowest BCUT2D eigenvalue weighted by Crippen LogP contribution is -2.45. The molecule has 0 radical (unpaired) electrons. The highest BCUT2D eigenvalue weighted by Crippen LogP contribution is 2.33. The summed E-state index contributed by atoms with van der Waals surface area (Å²) < 4.78 is 56.5. The van der Waals surface area contributed by atoms with Gasteiger partial charge in [-0.15, -0.1) is 13.2 Å². The van der Waals surface area contributed by atoms with Gasteiger partial charge in [0.1, 0.15) is 5.75 Å². The normalized spacial score (nSPS) is 23.5. The molecule has 1 saturated heterocycles. The van der Waals surface area contributed by atoms with Crippen molar-refractivity contribution in [3.8, 4) is 5.75 Å². The number of alkyl halides is 3. The summed E-state index contributed by atoms with van der Waals surface area (Å²) in [7, 11) is 0. The molecular formula is C17H16F3NO5. The van der Waals surface area contributed by atoms with Crippen LogP contribution in [0, 0.1) is 5.41 Å². The van der Waals surface area contributed by atoms with Gasteiger partial charge < -0.3 is 23.9 Å². The Kier molecular flexibility index (Phi) is 4.92. The number of rotatable bonds is 4. The molecule has 0 aliphatic carbocycles. The van der Waals surface area contributed by atoms with Crippen molar-refractivity contribution in [2.75, 3.05) is 18.5 Å². The van der Waals surface area contributed by atoms with E-state index in [2.05, 4.69) is 10.1 Å². The number of ether oxygens (including phenoxy) is 3. The van der Waals surface area contributed by atoms with Gasteiger partial charge in [-0.3, -0.25) is 4.79 Å². The second-order valence-corrected chi connectivity index (χ2v) is 6.06. The molecule has 140 valence electrons. The molecule has 1 amide bonds. The van der Waals surface area contributed by atoms with Crippen molar-refractivity contribution in [1.82, 2.24) is 0 Å². The number of carbonyl (C=O) groups excluding carboxylic acids is 1. The number of nitrogens with one attached hydrogen (secondary N) is 1. The molecule has 0 spiro atoms. The lowest BCUT2D eigenvalue weighted by Gasteiger charge is -2.35. The van der Waals surface area contributed by atoms with Crippen LogP contribution in [0.3, 0.4) is 0 Å². The van der Waals surface area contributed by atoms with E-state index in [0.29, 0.717) is 11.4 Å². The van der Waals surface area contributed by atoms with Crippen molar-refractivity contribution in [2.45, 2.75) is 19.6 Å². The highest BCUT2D eigenvalue weighted by molar-refractivity contribution is 5.95. The van der Waals surface area contributed by atoms with Crippen LogP contribution in [0.5, 0.6) is 5.75 Å². The lowest BCUT2D eigenvalue weighted by atomic mass is 9.90. The molecule has 2 aromatic rings. The highest BCUT2D eigenvalue weighted by Gasteiger charge is 2.40. The van der Waals surface area contributed by atoms with Gasteiger partial charge in [-0.2, -0.15) is 0 Å². The average Bonchev–Trinajstić information content (AvgIpc) is 3.10. The summed E-state index contributed by atoms with van der Waals surface area (Å²) in [6.07, 6.45) is -3.95. The fourth-order valence-corrected chi connectivity index (χ4v) is 2.35. The van der Waals surface area contributed by atoms with Crippen LogP contribution in [0.2, 0.25) is 0 Å². The number of hydrogen-bond acceptors (Lipinski definition) is 5. The zero-order valence-electron chi connectivity index (χ0n) is 13.7. The summed E-state index contributed by atoms with van der Waals surface area (Å²) >= 11 is 0. The minimum Gasteiger partial charge on any atom is -0.464 e. The summed E-state index contributed by atoms with van der Waals surface area (Å²) in [6, 6.07) is 8.28. The predicted octanol–water partition coefficient (Wildman–Crippen LogP) is 3.87. The summed E-state index contributed by atoms with van der Waals surface area (Å²) in [5.41, 5.74) is -0.622. The molecule has 1 aliphatic rings. The van der Waals surface area contributed by atoms with E-state index in [1.807, 2.05) is 0 Å². The molecule has 2 heterocycles. The monoisotopic (exact) mass is 371 g/mol. The molecule has 1 N–H and O–H groups in total. The molecular weight excluding hydrogens is 355 g/mol. The summed E-state index contributed by atoms with van der Waals surface area (Å²) in [4.78, 5) is 12.5. The van der Waals surface area contributed by atoms with Gasteiger partial charge in [-0.05, 0) is 43.3 Å². The van der Waals surface area contributed by atoms with E-state index in [9.17, 15) is 18.0 Å². The summed E-state index contributed by atoms with van der Waals surface area (Å²) in [6.45, 7) is 1.86. The van der Waals surface area contributed by atoms with Crippen LogP contribution in [0.25, 0.3) is 0 Å². The third-order valence-electron chi connectivity index (χ3n) is 3.78. The molecule has 0 atom stereocenters. The van der Waals surface area contributed by atoms with Crippen LogP contribution in [-0.2, 0) is 14.3 Å². The number of halogens is 3. The van der Waals surface area contributed by atoms with Crippen molar-refractivity contribution in [3.63, 3.8) is 0 Å². The van der Waals surface area contributed by atoms with Gasteiger partial charge in [0.2, 0.25) is 12.2 Å². The zero-order chi connectivity index (χ0) is 18.8. The van der Waals surface area contributed by atoms with Gasteiger partial charge in [0.25, 0.3) is 0 Å². The molecule has 1 aliphatic heterocycles. The second-order valence-electron chi connectivity index (χ2n) is 6.06. The number of furan rings is 1. The Labute approximate surface area is 146 Å². The summed E-state index contributed by atoms with van der Waals surface area (Å²) in [5.74, 6) is -0.236. The van der Waals surface area contributed by atoms with Crippen LogP contribution >= 0.6 is 0 Å². The van der Waals surface area contributed by atoms with Crippen molar-refractivity contribution in [3.05, 3.63) is 48.4 Å². The van der Waals surface area contributed by atoms with E-state index >= 15 is 0 Å². The van der Waals surface area contributed by atoms with Gasteiger partial charge in [-0.1, -0.05) is 0 Å². The standard InChI is InChI=1S/C17H16F3NO5/c1-16(9-24-14(25-10-16)13-3-2-8-23-13)15(22)21-11-4-6-12(7-5-11)26-17(18,19)20/h2-8,14H,9-10H2,1H3,(H,21,22). The number of benzene rings is 1. The van der Waals surface area contributed by atoms with Crippen LogP contribution in [-0.4, -0.2) is 25.5 Å². The minimum atomic E-state index is -4.76. The third-order valence-corrected chi connectivity index (χ3v) is 3.78. The molecule has 3 rings (SSSR count). The number of hydrogen-bond donors (Lipinski definition) is 1. The molecule has 9 heteroatoms. The van der Waals surface area contributed by atoms with E-state index in [1.165, 1.54) is 18.4 Å². The highest BCUT2D eigenvalue weighted by atomic mass is 19.4. The third kappa shape index (κ3) is 4.36. The maximum absolute atomic E-state index is 12.5. The first-order chi connectivity index (χ1) is 12.3. The lowest BCUT2D eigenvalue weighted by molar-refractivity contribution is -0.274. The first-order valence-corrected chi connectivity index (χ1v) is 7.69. The molecule has 1 aromatic carbocycles. The minimum absolute atomic E-state index is 0.0967. The van der Waals surface area contributed by atoms with E-state index in [-0.39, 0.29) is 24.9 Å². The predicted molar refractivity (Wildman–Crippen MR) is 83.2 cm³/mol. The smallest absolute Gasteiger partial charge is 0.464 e. The Morgan fingerprint density at radius 2 is 1.85 bits per heavy atom. The van der Waals surface area contributed by atoms with Crippen LogP contribution < -0.4 is 10.1 Å². The van der Waals surface area contributed by atoms with Gasteiger partial charge in [-0.25, -0.2) is 0 Å². The maximum atomic E-state index is 12.5. The van der Waals surface area contributed by atoms with Crippen molar-refractivity contribution in [2.24, 2.45) is 5.41 Å². The SMILES string of the molecule is CC1(C(=O)Nc2ccc(OC(F)(F)F)cc2)COC(c2ccco2)OC1.